The fourth-order valence-electron chi connectivity index (χ4n) is 1.39. The summed E-state index contributed by atoms with van der Waals surface area (Å²) < 4.78 is 6.21. The Labute approximate surface area is 107 Å². The molecule has 1 fully saturated rings. The number of nitrogens with zero attached hydrogens (tertiary/aromatic N) is 1. The summed E-state index contributed by atoms with van der Waals surface area (Å²) in [6, 6.07) is 1.48. The minimum absolute atomic E-state index is 0.167. The van der Waals surface area contributed by atoms with Crippen LogP contribution in [0.25, 0.3) is 0 Å². The van der Waals surface area contributed by atoms with Crippen LogP contribution in [0.5, 0.6) is 0 Å². The number of carbonyl (C=O) groups excluding carboxylic acids is 1. The first kappa shape index (κ1) is 12.0. The third kappa shape index (κ3) is 2.79. The van der Waals surface area contributed by atoms with Gasteiger partial charge in [-0.25, -0.2) is 4.79 Å². The standard InChI is InChI=1S/C9H10Cl2N2O2S/c10-7-5-6(8(11)16-7)12-9(14)13-1-3-15-4-2-13/h5H,1-4H2,(H,12,14). The Morgan fingerprint density at radius 2 is 2.12 bits per heavy atom. The van der Waals surface area contributed by atoms with Gasteiger partial charge in [-0.15, -0.1) is 11.3 Å². The SMILES string of the molecule is O=C(Nc1cc(Cl)sc1Cl)N1CCOCC1. The third-order valence-electron chi connectivity index (χ3n) is 2.20. The lowest BCUT2D eigenvalue weighted by Gasteiger charge is -2.26. The fraction of sp³-hybridized carbons (Fsp3) is 0.444. The Morgan fingerprint density at radius 1 is 1.44 bits per heavy atom. The van der Waals surface area contributed by atoms with E-state index in [4.69, 9.17) is 27.9 Å². The fourth-order valence-corrected chi connectivity index (χ4v) is 2.76. The normalized spacial score (nSPS) is 16.2. The average molecular weight is 281 g/mol. The number of carbonyl (C=O) groups is 1. The molecule has 2 heterocycles. The lowest BCUT2D eigenvalue weighted by Crippen LogP contribution is -2.43. The summed E-state index contributed by atoms with van der Waals surface area (Å²) in [5, 5.41) is 2.73. The number of urea groups is 1. The summed E-state index contributed by atoms with van der Waals surface area (Å²) in [6.07, 6.45) is 0. The molecule has 1 aliphatic heterocycles. The van der Waals surface area contributed by atoms with E-state index in [1.54, 1.807) is 11.0 Å². The van der Waals surface area contributed by atoms with Crippen molar-refractivity contribution in [3.63, 3.8) is 0 Å². The number of morpholine rings is 1. The maximum absolute atomic E-state index is 11.8. The summed E-state index contributed by atoms with van der Waals surface area (Å²) in [7, 11) is 0. The van der Waals surface area contributed by atoms with Crippen molar-refractivity contribution in [2.45, 2.75) is 0 Å². The lowest BCUT2D eigenvalue weighted by atomic mass is 10.4. The number of amides is 2. The molecule has 1 aromatic rings. The van der Waals surface area contributed by atoms with Gasteiger partial charge in [-0.2, -0.15) is 0 Å². The number of thiophene rings is 1. The highest BCUT2D eigenvalue weighted by Crippen LogP contribution is 2.35. The average Bonchev–Trinajstić information content (AvgIpc) is 2.59. The van der Waals surface area contributed by atoms with E-state index in [1.165, 1.54) is 11.3 Å². The van der Waals surface area contributed by atoms with Crippen LogP contribution in [0.15, 0.2) is 6.07 Å². The number of hydrogen-bond acceptors (Lipinski definition) is 3. The molecule has 0 spiro atoms. The van der Waals surface area contributed by atoms with E-state index in [0.717, 1.165) is 0 Å². The largest absolute Gasteiger partial charge is 0.378 e. The van der Waals surface area contributed by atoms with Crippen LogP contribution in [0, 0.1) is 0 Å². The molecule has 0 atom stereocenters. The summed E-state index contributed by atoms with van der Waals surface area (Å²) >= 11 is 12.9. The van der Waals surface area contributed by atoms with Crippen molar-refractivity contribution < 1.29 is 9.53 Å². The third-order valence-corrected chi connectivity index (χ3v) is 3.68. The number of hydrogen-bond donors (Lipinski definition) is 1. The molecule has 4 nitrogen and oxygen atoms in total. The Morgan fingerprint density at radius 3 is 2.69 bits per heavy atom. The van der Waals surface area contributed by atoms with Crippen LogP contribution < -0.4 is 5.32 Å². The van der Waals surface area contributed by atoms with Crippen LogP contribution in [0.4, 0.5) is 10.5 Å². The van der Waals surface area contributed by atoms with Gasteiger partial charge < -0.3 is 15.0 Å². The number of halogens is 2. The van der Waals surface area contributed by atoms with Crippen molar-refractivity contribution in [1.82, 2.24) is 4.90 Å². The van der Waals surface area contributed by atoms with Gasteiger partial charge in [0, 0.05) is 13.1 Å². The van der Waals surface area contributed by atoms with Crippen molar-refractivity contribution in [1.29, 1.82) is 0 Å². The molecule has 0 saturated carbocycles. The first-order chi connectivity index (χ1) is 7.66. The van der Waals surface area contributed by atoms with Crippen molar-refractivity contribution in [3.8, 4) is 0 Å². The van der Waals surface area contributed by atoms with Crippen molar-refractivity contribution in [2.75, 3.05) is 31.6 Å². The molecule has 1 N–H and O–H groups in total. The van der Waals surface area contributed by atoms with Gasteiger partial charge in [0.1, 0.15) is 4.34 Å². The van der Waals surface area contributed by atoms with Gasteiger partial charge in [-0.1, -0.05) is 23.2 Å². The molecule has 1 aromatic heterocycles. The molecule has 0 radical (unpaired) electrons. The molecule has 88 valence electrons. The summed E-state index contributed by atoms with van der Waals surface area (Å²) in [5.74, 6) is 0. The molecule has 2 amide bonds. The molecule has 1 saturated heterocycles. The van der Waals surface area contributed by atoms with Crippen LogP contribution in [-0.2, 0) is 4.74 Å². The molecule has 1 aliphatic rings. The molecular formula is C9H10Cl2N2O2S. The van der Waals surface area contributed by atoms with Crippen LogP contribution >= 0.6 is 34.5 Å². The molecule has 0 aromatic carbocycles. The van der Waals surface area contributed by atoms with Gasteiger partial charge in [-0.05, 0) is 6.07 Å². The topological polar surface area (TPSA) is 41.6 Å². The summed E-state index contributed by atoms with van der Waals surface area (Å²) in [4.78, 5) is 13.5. The highest BCUT2D eigenvalue weighted by Gasteiger charge is 2.18. The first-order valence-corrected chi connectivity index (χ1v) is 6.32. The zero-order chi connectivity index (χ0) is 11.5. The number of anilines is 1. The molecular weight excluding hydrogens is 271 g/mol. The Hall–Kier alpha value is -0.490. The minimum atomic E-state index is -0.167. The van der Waals surface area contributed by atoms with Crippen molar-refractivity contribution in [2.24, 2.45) is 0 Å². The minimum Gasteiger partial charge on any atom is -0.378 e. The molecule has 16 heavy (non-hydrogen) atoms. The van der Waals surface area contributed by atoms with E-state index in [1.807, 2.05) is 0 Å². The van der Waals surface area contributed by atoms with Gasteiger partial charge in [-0.3, -0.25) is 0 Å². The van der Waals surface area contributed by atoms with E-state index in [9.17, 15) is 4.79 Å². The van der Waals surface area contributed by atoms with E-state index >= 15 is 0 Å². The highest BCUT2D eigenvalue weighted by atomic mass is 35.5. The lowest BCUT2D eigenvalue weighted by molar-refractivity contribution is 0.0564. The number of rotatable bonds is 1. The predicted molar refractivity (Wildman–Crippen MR) is 65.7 cm³/mol. The molecule has 0 aliphatic carbocycles. The second-order valence-corrected chi connectivity index (χ2v) is 5.55. The molecule has 0 unspecified atom stereocenters. The Balaban J connectivity index is 1.98. The Kier molecular flexibility index (Phi) is 3.91. The van der Waals surface area contributed by atoms with Gasteiger partial charge in [0.15, 0.2) is 0 Å². The first-order valence-electron chi connectivity index (χ1n) is 4.75. The zero-order valence-corrected chi connectivity index (χ0v) is 10.7. The summed E-state index contributed by atoms with van der Waals surface area (Å²) in [6.45, 7) is 2.35. The monoisotopic (exact) mass is 280 g/mol. The Bertz CT molecular complexity index is 391. The van der Waals surface area contributed by atoms with Gasteiger partial charge in [0.05, 0.1) is 23.2 Å². The van der Waals surface area contributed by atoms with Crippen LogP contribution in [0.2, 0.25) is 8.67 Å². The van der Waals surface area contributed by atoms with Crippen LogP contribution in [0.1, 0.15) is 0 Å². The quantitative estimate of drug-likeness (QED) is 0.860. The van der Waals surface area contributed by atoms with E-state index in [-0.39, 0.29) is 6.03 Å². The van der Waals surface area contributed by atoms with Crippen molar-refractivity contribution >= 4 is 46.3 Å². The number of nitrogens with one attached hydrogen (secondary N) is 1. The second-order valence-electron chi connectivity index (χ2n) is 3.27. The maximum atomic E-state index is 11.8. The zero-order valence-electron chi connectivity index (χ0n) is 8.33. The molecule has 7 heteroatoms. The highest BCUT2D eigenvalue weighted by molar-refractivity contribution is 7.20. The van der Waals surface area contributed by atoms with Gasteiger partial charge >= 0.3 is 6.03 Å². The summed E-state index contributed by atoms with van der Waals surface area (Å²) in [5.41, 5.74) is 0.563. The van der Waals surface area contributed by atoms with E-state index < -0.39 is 0 Å². The smallest absolute Gasteiger partial charge is 0.322 e. The predicted octanol–water partition coefficient (Wildman–Crippen LogP) is 2.92. The van der Waals surface area contributed by atoms with Crippen LogP contribution in [0.3, 0.4) is 0 Å². The van der Waals surface area contributed by atoms with Crippen LogP contribution in [-0.4, -0.2) is 37.2 Å². The molecule has 2 rings (SSSR count). The van der Waals surface area contributed by atoms with E-state index in [0.29, 0.717) is 40.7 Å². The molecule has 0 bridgehead atoms. The van der Waals surface area contributed by atoms with Gasteiger partial charge in [0.25, 0.3) is 0 Å². The number of ether oxygens (including phenoxy) is 1. The van der Waals surface area contributed by atoms with Gasteiger partial charge in [0.2, 0.25) is 0 Å². The van der Waals surface area contributed by atoms with Crippen molar-refractivity contribution in [3.05, 3.63) is 14.7 Å². The maximum Gasteiger partial charge on any atom is 0.322 e. The van der Waals surface area contributed by atoms with E-state index in [2.05, 4.69) is 5.32 Å². The second kappa shape index (κ2) is 5.23.